The van der Waals surface area contributed by atoms with Crippen LogP contribution >= 0.6 is 0 Å². The quantitative estimate of drug-likeness (QED) is 0.434. The van der Waals surface area contributed by atoms with Gasteiger partial charge >= 0.3 is 5.97 Å². The summed E-state index contributed by atoms with van der Waals surface area (Å²) in [5.41, 5.74) is -1.59. The first kappa shape index (κ1) is 16.3. The minimum Gasteiger partial charge on any atom is -0.467 e. The summed E-state index contributed by atoms with van der Waals surface area (Å²) in [5, 5.41) is 9.61. The van der Waals surface area contributed by atoms with Crippen molar-refractivity contribution in [2.45, 2.75) is 18.9 Å². The molecule has 6 heteroatoms. The van der Waals surface area contributed by atoms with Crippen LogP contribution in [0, 0.1) is 0 Å². The summed E-state index contributed by atoms with van der Waals surface area (Å²) in [4.78, 5) is 11.1. The van der Waals surface area contributed by atoms with Crippen molar-refractivity contribution in [3.63, 3.8) is 0 Å². The van der Waals surface area contributed by atoms with Crippen LogP contribution in [-0.2, 0) is 23.7 Å². The largest absolute Gasteiger partial charge is 0.467 e. The van der Waals surface area contributed by atoms with Gasteiger partial charge in [0.1, 0.15) is 0 Å². The number of ether oxygens (including phenoxy) is 4. The van der Waals surface area contributed by atoms with E-state index in [2.05, 4.69) is 4.74 Å². The molecule has 0 aromatic heterocycles. The van der Waals surface area contributed by atoms with Crippen LogP contribution < -0.4 is 0 Å². The first-order valence-electron chi connectivity index (χ1n) is 5.50. The van der Waals surface area contributed by atoms with E-state index >= 15 is 0 Å². The number of carbonyl (C=O) groups excluding carboxylic acids is 1. The molecule has 1 N–H and O–H groups in total. The van der Waals surface area contributed by atoms with Gasteiger partial charge in [-0.1, -0.05) is 0 Å². The van der Waals surface area contributed by atoms with Gasteiger partial charge in [0.2, 0.25) is 0 Å². The number of carbonyl (C=O) groups is 1. The second-order valence-electron chi connectivity index (χ2n) is 3.78. The highest BCUT2D eigenvalue weighted by Gasteiger charge is 2.31. The Morgan fingerprint density at radius 1 is 1.12 bits per heavy atom. The first-order valence-corrected chi connectivity index (χ1v) is 5.50. The van der Waals surface area contributed by atoms with E-state index in [-0.39, 0.29) is 6.61 Å². The Morgan fingerprint density at radius 2 is 1.76 bits per heavy atom. The lowest BCUT2D eigenvalue weighted by Gasteiger charge is -2.19. The molecule has 0 aliphatic rings. The maximum Gasteiger partial charge on any atom is 0.339 e. The normalized spacial score (nSPS) is 14.4. The summed E-state index contributed by atoms with van der Waals surface area (Å²) < 4.78 is 19.6. The average molecular weight is 250 g/mol. The number of hydrogen-bond donors (Lipinski definition) is 1. The molecular formula is C11H22O6. The molecule has 0 aliphatic heterocycles. The van der Waals surface area contributed by atoms with Gasteiger partial charge in [-0.25, -0.2) is 4.79 Å². The van der Waals surface area contributed by atoms with Crippen molar-refractivity contribution in [2.75, 3.05) is 47.3 Å². The summed E-state index contributed by atoms with van der Waals surface area (Å²) in [6, 6.07) is 0. The maximum atomic E-state index is 11.1. The van der Waals surface area contributed by atoms with E-state index in [9.17, 15) is 9.90 Å². The smallest absolute Gasteiger partial charge is 0.339 e. The minimum absolute atomic E-state index is 0.0856. The summed E-state index contributed by atoms with van der Waals surface area (Å²) in [6.45, 7) is 3.36. The van der Waals surface area contributed by atoms with Crippen molar-refractivity contribution < 1.29 is 28.8 Å². The van der Waals surface area contributed by atoms with Crippen LogP contribution in [-0.4, -0.2) is 63.9 Å². The molecule has 1 unspecified atom stereocenters. The molecule has 0 heterocycles. The maximum absolute atomic E-state index is 11.1. The van der Waals surface area contributed by atoms with E-state index in [0.29, 0.717) is 32.8 Å². The van der Waals surface area contributed by atoms with Gasteiger partial charge in [-0.05, 0) is 13.3 Å². The highest BCUT2D eigenvalue weighted by molar-refractivity contribution is 5.78. The molecule has 0 saturated heterocycles. The zero-order valence-corrected chi connectivity index (χ0v) is 10.7. The van der Waals surface area contributed by atoms with Gasteiger partial charge in [-0.3, -0.25) is 0 Å². The molecule has 0 bridgehead atoms. The molecule has 0 amide bonds. The molecule has 6 nitrogen and oxygen atoms in total. The van der Waals surface area contributed by atoms with Crippen molar-refractivity contribution in [3.05, 3.63) is 0 Å². The van der Waals surface area contributed by atoms with Crippen molar-refractivity contribution in [3.8, 4) is 0 Å². The predicted octanol–water partition coefficient (Wildman–Crippen LogP) is -0.0199. The van der Waals surface area contributed by atoms with Crippen LogP contribution in [0.15, 0.2) is 0 Å². The van der Waals surface area contributed by atoms with E-state index in [4.69, 9.17) is 14.2 Å². The fraction of sp³-hybridized carbons (Fsp3) is 0.909. The lowest BCUT2D eigenvalue weighted by Crippen LogP contribution is -2.41. The van der Waals surface area contributed by atoms with Crippen LogP contribution in [0.25, 0.3) is 0 Å². The summed E-state index contributed by atoms with van der Waals surface area (Å²) in [6.07, 6.45) is 0.695. The fourth-order valence-corrected chi connectivity index (χ4v) is 1.06. The van der Waals surface area contributed by atoms with Gasteiger partial charge in [0, 0.05) is 20.3 Å². The summed E-state index contributed by atoms with van der Waals surface area (Å²) >= 11 is 0. The Bertz CT molecular complexity index is 204. The van der Waals surface area contributed by atoms with E-state index in [1.807, 2.05) is 0 Å². The van der Waals surface area contributed by atoms with E-state index in [1.54, 1.807) is 7.11 Å². The molecule has 0 aromatic carbocycles. The zero-order chi connectivity index (χ0) is 13.1. The molecule has 1 atom stereocenters. The summed E-state index contributed by atoms with van der Waals surface area (Å²) in [7, 11) is 2.84. The molecule has 17 heavy (non-hydrogen) atoms. The van der Waals surface area contributed by atoms with Crippen molar-refractivity contribution in [1.29, 1.82) is 0 Å². The van der Waals surface area contributed by atoms with Crippen LogP contribution in [0.3, 0.4) is 0 Å². The fourth-order valence-electron chi connectivity index (χ4n) is 1.06. The molecule has 0 spiro atoms. The van der Waals surface area contributed by atoms with E-state index < -0.39 is 11.6 Å². The summed E-state index contributed by atoms with van der Waals surface area (Å²) in [5.74, 6) is -0.700. The highest BCUT2D eigenvalue weighted by Crippen LogP contribution is 2.06. The predicted molar refractivity (Wildman–Crippen MR) is 60.8 cm³/mol. The second-order valence-corrected chi connectivity index (χ2v) is 3.78. The van der Waals surface area contributed by atoms with Gasteiger partial charge in [0.25, 0.3) is 0 Å². The number of aliphatic hydroxyl groups is 1. The molecule has 0 radical (unpaired) electrons. The Balaban J connectivity index is 3.42. The number of methoxy groups -OCH3 is 2. The first-order chi connectivity index (χ1) is 8.04. The third kappa shape index (κ3) is 8.09. The van der Waals surface area contributed by atoms with Crippen LogP contribution in [0.2, 0.25) is 0 Å². The molecule has 0 aliphatic carbocycles. The molecule has 0 fully saturated rings. The number of esters is 1. The monoisotopic (exact) mass is 250 g/mol. The molecule has 0 aromatic rings. The number of hydrogen-bond acceptors (Lipinski definition) is 6. The Morgan fingerprint density at radius 3 is 2.35 bits per heavy atom. The third-order valence-electron chi connectivity index (χ3n) is 2.02. The second kappa shape index (κ2) is 9.35. The topological polar surface area (TPSA) is 74.2 Å². The van der Waals surface area contributed by atoms with Gasteiger partial charge in [0.15, 0.2) is 5.60 Å². The van der Waals surface area contributed by atoms with Crippen molar-refractivity contribution >= 4 is 5.97 Å². The molecule has 102 valence electrons. The minimum atomic E-state index is -1.59. The van der Waals surface area contributed by atoms with Gasteiger partial charge in [-0.15, -0.1) is 0 Å². The average Bonchev–Trinajstić information content (AvgIpc) is 2.31. The number of rotatable bonds is 10. The zero-order valence-electron chi connectivity index (χ0n) is 10.7. The molecular weight excluding hydrogens is 228 g/mol. The van der Waals surface area contributed by atoms with Crippen molar-refractivity contribution in [2.24, 2.45) is 0 Å². The Kier molecular flexibility index (Phi) is 8.97. The van der Waals surface area contributed by atoms with Gasteiger partial charge in [0.05, 0.1) is 26.9 Å². The van der Waals surface area contributed by atoms with Crippen LogP contribution in [0.4, 0.5) is 0 Å². The Labute approximate surface area is 102 Å². The van der Waals surface area contributed by atoms with Gasteiger partial charge < -0.3 is 24.1 Å². The molecule has 0 saturated carbocycles. The van der Waals surface area contributed by atoms with E-state index in [0.717, 1.165) is 0 Å². The highest BCUT2D eigenvalue weighted by atomic mass is 16.6. The van der Waals surface area contributed by atoms with Crippen LogP contribution in [0.1, 0.15) is 13.3 Å². The van der Waals surface area contributed by atoms with Crippen molar-refractivity contribution in [1.82, 2.24) is 0 Å². The SMILES string of the molecule is COCCOCCCOCC(C)(O)C(=O)OC. The van der Waals surface area contributed by atoms with Gasteiger partial charge in [-0.2, -0.15) is 0 Å². The lowest BCUT2D eigenvalue weighted by atomic mass is 10.1. The standard InChI is InChI=1S/C11H22O6/c1-11(13,10(12)15-3)9-17-6-4-5-16-8-7-14-2/h13H,4-9H2,1-3H3. The van der Waals surface area contributed by atoms with E-state index in [1.165, 1.54) is 14.0 Å². The Hall–Kier alpha value is -0.690. The van der Waals surface area contributed by atoms with Crippen LogP contribution in [0.5, 0.6) is 0 Å². The lowest BCUT2D eigenvalue weighted by molar-refractivity contribution is -0.166. The molecule has 0 rings (SSSR count). The third-order valence-corrected chi connectivity index (χ3v) is 2.02.